The van der Waals surface area contributed by atoms with Gasteiger partial charge in [-0.3, -0.25) is 18.6 Å². The number of phosphoric acid groups is 1. The fraction of sp³-hybridized carbons (Fsp3) is 0.600. The lowest BCUT2D eigenvalue weighted by Crippen LogP contribution is -2.29. The highest BCUT2D eigenvalue weighted by atomic mass is 31.2. The second-order valence-electron chi connectivity index (χ2n) is 18.7. The van der Waals surface area contributed by atoms with Crippen molar-refractivity contribution in [3.05, 3.63) is 146 Å². The number of esters is 2. The Bertz CT molecular complexity index is 1730. The van der Waals surface area contributed by atoms with Gasteiger partial charge in [0.15, 0.2) is 6.10 Å². The molecule has 0 spiro atoms. The Morgan fingerprint density at radius 1 is 0.400 bits per heavy atom. The lowest BCUT2D eigenvalue weighted by Gasteiger charge is -2.19. The Kier molecular flexibility index (Phi) is 55.9. The molecule has 3 N–H and O–H groups in total. The third-order valence-corrected chi connectivity index (χ3v) is 12.7. The van der Waals surface area contributed by atoms with Gasteiger partial charge in [0.1, 0.15) is 6.61 Å². The fourth-order valence-corrected chi connectivity index (χ4v) is 8.25. The van der Waals surface area contributed by atoms with Gasteiger partial charge >= 0.3 is 19.8 Å². The van der Waals surface area contributed by atoms with Gasteiger partial charge in [-0.2, -0.15) is 0 Å². The summed E-state index contributed by atoms with van der Waals surface area (Å²) in [5.74, 6) is -0.930. The van der Waals surface area contributed by atoms with Crippen molar-refractivity contribution in [2.45, 2.75) is 225 Å². The van der Waals surface area contributed by atoms with Gasteiger partial charge in [-0.25, -0.2) is 4.57 Å². The van der Waals surface area contributed by atoms with Crippen LogP contribution in [0.5, 0.6) is 0 Å². The third kappa shape index (κ3) is 59.0. The molecule has 75 heavy (non-hydrogen) atoms. The van der Waals surface area contributed by atoms with Crippen LogP contribution in [0.1, 0.15) is 219 Å². The Morgan fingerprint density at radius 3 is 1.08 bits per heavy atom. The van der Waals surface area contributed by atoms with Crippen LogP contribution in [0.25, 0.3) is 0 Å². The highest BCUT2D eigenvalue weighted by Crippen LogP contribution is 2.43. The monoisotopic (exact) mass is 1060 g/mol. The molecule has 0 radical (unpaired) electrons. The Morgan fingerprint density at radius 2 is 0.720 bits per heavy atom. The van der Waals surface area contributed by atoms with E-state index >= 15 is 0 Å². The molecule has 0 aromatic heterocycles. The lowest BCUT2D eigenvalue weighted by molar-refractivity contribution is -0.161. The smallest absolute Gasteiger partial charge is 0.462 e. The molecule has 10 heteroatoms. The summed E-state index contributed by atoms with van der Waals surface area (Å²) in [6.07, 6.45) is 85.2. The average molecular weight is 1060 g/mol. The van der Waals surface area contributed by atoms with Gasteiger partial charge in [-0.15, -0.1) is 0 Å². The first-order chi connectivity index (χ1) is 36.8. The van der Waals surface area contributed by atoms with Gasteiger partial charge in [0.2, 0.25) is 0 Å². The summed E-state index contributed by atoms with van der Waals surface area (Å²) < 4.78 is 32.8. The van der Waals surface area contributed by atoms with E-state index in [1.165, 1.54) is 83.5 Å². The Labute approximate surface area is 458 Å². The van der Waals surface area contributed by atoms with E-state index in [0.29, 0.717) is 12.8 Å². The molecule has 0 rings (SSSR count). The van der Waals surface area contributed by atoms with E-state index in [9.17, 15) is 19.0 Å². The van der Waals surface area contributed by atoms with E-state index in [1.54, 1.807) is 0 Å². The van der Waals surface area contributed by atoms with Gasteiger partial charge in [0.05, 0.1) is 13.2 Å². The second-order valence-corrected chi connectivity index (χ2v) is 20.2. The zero-order valence-corrected chi connectivity index (χ0v) is 48.1. The first-order valence-electron chi connectivity index (χ1n) is 29.3. The molecule has 0 aliphatic rings. The number of carbonyl (C=O) groups is 2. The van der Waals surface area contributed by atoms with Crippen LogP contribution < -0.4 is 5.73 Å². The topological polar surface area (TPSA) is 134 Å². The molecular weight excluding hydrogens is 954 g/mol. The Balaban J connectivity index is 3.89. The predicted molar refractivity (Wildman–Crippen MR) is 320 cm³/mol. The van der Waals surface area contributed by atoms with Crippen molar-refractivity contribution < 1.29 is 37.6 Å². The van der Waals surface area contributed by atoms with E-state index in [4.69, 9.17) is 24.3 Å². The number of hydrogen-bond donors (Lipinski definition) is 2. The minimum atomic E-state index is -4.41. The van der Waals surface area contributed by atoms with Gasteiger partial charge in [-0.1, -0.05) is 250 Å². The van der Waals surface area contributed by atoms with E-state index in [0.717, 1.165) is 96.3 Å². The van der Waals surface area contributed by atoms with E-state index in [2.05, 4.69) is 148 Å². The molecular formula is C65H106NO8P. The van der Waals surface area contributed by atoms with Crippen LogP contribution in [0, 0.1) is 0 Å². The van der Waals surface area contributed by atoms with Crippen LogP contribution in [0.4, 0.5) is 0 Å². The molecule has 0 fully saturated rings. The Hall–Kier alpha value is -4.11. The quantitative estimate of drug-likeness (QED) is 0.0264. The molecule has 0 heterocycles. The van der Waals surface area contributed by atoms with Crippen molar-refractivity contribution in [1.82, 2.24) is 0 Å². The first-order valence-corrected chi connectivity index (χ1v) is 30.8. The molecule has 0 saturated heterocycles. The van der Waals surface area contributed by atoms with Crippen molar-refractivity contribution in [2.75, 3.05) is 26.4 Å². The highest BCUT2D eigenvalue weighted by Gasteiger charge is 2.26. The maximum Gasteiger partial charge on any atom is 0.472 e. The number of unbranched alkanes of at least 4 members (excludes halogenated alkanes) is 16. The summed E-state index contributed by atoms with van der Waals surface area (Å²) in [6, 6.07) is 0. The molecule has 0 amide bonds. The van der Waals surface area contributed by atoms with Gasteiger partial charge < -0.3 is 20.1 Å². The van der Waals surface area contributed by atoms with Gasteiger partial charge in [-0.05, 0) is 103 Å². The molecule has 2 unspecified atom stereocenters. The maximum atomic E-state index is 12.7. The largest absolute Gasteiger partial charge is 0.472 e. The van der Waals surface area contributed by atoms with Crippen molar-refractivity contribution in [1.29, 1.82) is 0 Å². The van der Waals surface area contributed by atoms with Gasteiger partial charge in [0, 0.05) is 19.4 Å². The minimum Gasteiger partial charge on any atom is -0.462 e. The van der Waals surface area contributed by atoms with Crippen LogP contribution >= 0.6 is 7.82 Å². The zero-order valence-electron chi connectivity index (χ0n) is 47.2. The molecule has 0 aromatic carbocycles. The summed E-state index contributed by atoms with van der Waals surface area (Å²) in [6.45, 7) is 3.41. The summed E-state index contributed by atoms with van der Waals surface area (Å²) in [5, 5.41) is 0. The third-order valence-electron chi connectivity index (χ3n) is 11.7. The van der Waals surface area contributed by atoms with Crippen molar-refractivity contribution in [3.63, 3.8) is 0 Å². The number of carbonyl (C=O) groups excluding carboxylic acids is 2. The SMILES string of the molecule is CC/C=C\C/C=C\C/C=C\C/C=C\C/C=C\C/C=C\C/C=C\C/C=C\CCCCCCCCCCCCCCCCCCC(=O)OC(COC(=O)CC/C=C\C/C=C\C/C=C\C/C=C\CC)COP(=O)(O)OCCN. The van der Waals surface area contributed by atoms with Crippen molar-refractivity contribution in [2.24, 2.45) is 5.73 Å². The number of rotatable bonds is 53. The van der Waals surface area contributed by atoms with E-state index in [1.807, 2.05) is 12.2 Å². The minimum absolute atomic E-state index is 0.0389. The molecule has 9 nitrogen and oxygen atoms in total. The molecule has 0 aliphatic heterocycles. The molecule has 0 aliphatic carbocycles. The van der Waals surface area contributed by atoms with Crippen LogP contribution in [-0.2, 0) is 32.7 Å². The summed E-state index contributed by atoms with van der Waals surface area (Å²) in [4.78, 5) is 35.0. The standard InChI is InChI=1S/C65H106NO8P/c1-3-5-7-9-11-13-15-17-18-19-20-21-22-23-24-25-26-27-28-29-30-31-32-33-34-35-36-37-38-39-40-41-42-43-44-46-48-50-52-54-56-58-65(68)74-63(62-73-75(69,70)72-60-59-66)61-71-64(67)57-55-53-51-49-47-45-16-14-12-10-8-6-4-2/h5-8,11-14,17-18,20-21,23-24,26-27,29-30,32-33,45,47,51,53,63H,3-4,9-10,15-16,19,22,25,28,31,34-44,46,48-50,52,54-62,66H2,1-2H3,(H,69,70)/b7-5-,8-6-,13-11-,14-12-,18-17-,21-20-,24-23-,27-26-,30-29-,33-32-,47-45-,53-51-. The maximum absolute atomic E-state index is 12.7. The molecule has 424 valence electrons. The summed E-state index contributed by atoms with van der Waals surface area (Å²) in [5.41, 5.74) is 5.36. The summed E-state index contributed by atoms with van der Waals surface area (Å²) in [7, 11) is -4.41. The zero-order chi connectivity index (χ0) is 54.5. The number of nitrogens with two attached hydrogens (primary N) is 1. The number of phosphoric ester groups is 1. The van der Waals surface area contributed by atoms with Gasteiger partial charge in [0.25, 0.3) is 0 Å². The molecule has 0 bridgehead atoms. The average Bonchev–Trinajstić information content (AvgIpc) is 3.40. The first kappa shape index (κ1) is 70.9. The number of hydrogen-bond acceptors (Lipinski definition) is 8. The highest BCUT2D eigenvalue weighted by molar-refractivity contribution is 7.47. The van der Waals surface area contributed by atoms with Crippen LogP contribution in [0.15, 0.2) is 146 Å². The number of ether oxygens (including phenoxy) is 2. The van der Waals surface area contributed by atoms with E-state index in [-0.39, 0.29) is 32.6 Å². The normalized spacial score (nSPS) is 14.1. The molecule has 0 aromatic rings. The van der Waals surface area contributed by atoms with Crippen LogP contribution in [0.3, 0.4) is 0 Å². The predicted octanol–water partition coefficient (Wildman–Crippen LogP) is 18.7. The second kappa shape index (κ2) is 59.1. The van der Waals surface area contributed by atoms with Crippen LogP contribution in [-0.4, -0.2) is 49.3 Å². The molecule has 2 atom stereocenters. The van der Waals surface area contributed by atoms with Crippen LogP contribution in [0.2, 0.25) is 0 Å². The van der Waals surface area contributed by atoms with Crippen molar-refractivity contribution in [3.8, 4) is 0 Å². The molecule has 0 saturated carbocycles. The summed E-state index contributed by atoms with van der Waals surface area (Å²) >= 11 is 0. The van der Waals surface area contributed by atoms with Crippen molar-refractivity contribution >= 4 is 19.8 Å². The lowest BCUT2D eigenvalue weighted by atomic mass is 10.0. The number of allylic oxidation sites excluding steroid dienone is 24. The fourth-order valence-electron chi connectivity index (χ4n) is 7.49. The van der Waals surface area contributed by atoms with E-state index < -0.39 is 32.5 Å².